The van der Waals surface area contributed by atoms with Gasteiger partial charge in [-0.3, -0.25) is 4.79 Å². The lowest BCUT2D eigenvalue weighted by molar-refractivity contribution is -0.114. The minimum Gasteiger partial charge on any atom is -0.379 e. The van der Waals surface area contributed by atoms with Crippen LogP contribution in [-0.4, -0.2) is 15.5 Å². The first-order chi connectivity index (χ1) is 9.06. The van der Waals surface area contributed by atoms with E-state index in [1.165, 1.54) is 6.92 Å². The molecule has 2 rings (SSSR count). The molecule has 0 aliphatic rings. The third-order valence-electron chi connectivity index (χ3n) is 2.93. The Balaban J connectivity index is 2.11. The van der Waals surface area contributed by atoms with Crippen molar-refractivity contribution in [2.45, 2.75) is 20.4 Å². The lowest BCUT2D eigenvalue weighted by atomic mass is 10.1. The number of hydrogen-bond acceptors (Lipinski definition) is 3. The molecule has 0 bridgehead atoms. The number of nitrogens with zero attached hydrogens (tertiary/aromatic N) is 2. The Morgan fingerprint density at radius 2 is 2.21 bits per heavy atom. The number of hydrogen-bond donors (Lipinski definition) is 2. The van der Waals surface area contributed by atoms with E-state index in [0.717, 1.165) is 22.6 Å². The van der Waals surface area contributed by atoms with Gasteiger partial charge in [-0.1, -0.05) is 6.07 Å². The number of anilines is 2. The average Bonchev–Trinajstić information content (AvgIpc) is 2.75. The van der Waals surface area contributed by atoms with Crippen LogP contribution in [0.4, 0.5) is 11.4 Å². The molecule has 0 fully saturated rings. The Morgan fingerprint density at radius 1 is 1.42 bits per heavy atom. The summed E-state index contributed by atoms with van der Waals surface area (Å²) in [4.78, 5) is 15.1. The monoisotopic (exact) mass is 258 g/mol. The fourth-order valence-electron chi connectivity index (χ4n) is 1.83. The summed E-state index contributed by atoms with van der Waals surface area (Å²) in [5, 5.41) is 6.14. The zero-order valence-corrected chi connectivity index (χ0v) is 11.4. The first kappa shape index (κ1) is 13.1. The van der Waals surface area contributed by atoms with Gasteiger partial charge in [-0.15, -0.1) is 0 Å². The molecule has 0 radical (unpaired) electrons. The first-order valence-corrected chi connectivity index (χ1v) is 6.13. The van der Waals surface area contributed by atoms with Crippen molar-refractivity contribution in [1.29, 1.82) is 0 Å². The smallest absolute Gasteiger partial charge is 0.221 e. The summed E-state index contributed by atoms with van der Waals surface area (Å²) in [5.41, 5.74) is 4.04. The number of aromatic nitrogens is 2. The van der Waals surface area contributed by atoms with E-state index in [0.29, 0.717) is 6.54 Å². The highest BCUT2D eigenvalue weighted by Gasteiger charge is 2.03. The van der Waals surface area contributed by atoms with Gasteiger partial charge in [0.1, 0.15) is 0 Å². The molecule has 2 aromatic rings. The minimum absolute atomic E-state index is 0.0681. The van der Waals surface area contributed by atoms with Crippen LogP contribution >= 0.6 is 0 Å². The standard InChI is InChI=1S/C14H18N4O/c1-10-4-5-12(17-11(2)19)6-14(10)16-8-13-7-15-9-18(13)3/h4-7,9,16H,8H2,1-3H3,(H,17,19). The third-order valence-corrected chi connectivity index (χ3v) is 2.93. The SMILES string of the molecule is CC(=O)Nc1ccc(C)c(NCc2cncn2C)c1. The molecule has 0 aliphatic heterocycles. The molecule has 0 atom stereocenters. The maximum atomic E-state index is 11.1. The second-order valence-electron chi connectivity index (χ2n) is 4.56. The van der Waals surface area contributed by atoms with Crippen molar-refractivity contribution in [3.8, 4) is 0 Å². The number of nitrogens with one attached hydrogen (secondary N) is 2. The highest BCUT2D eigenvalue weighted by Crippen LogP contribution is 2.20. The first-order valence-electron chi connectivity index (χ1n) is 6.13. The van der Waals surface area contributed by atoms with E-state index in [9.17, 15) is 4.79 Å². The van der Waals surface area contributed by atoms with Crippen molar-refractivity contribution in [2.75, 3.05) is 10.6 Å². The van der Waals surface area contributed by atoms with Crippen LogP contribution < -0.4 is 10.6 Å². The maximum absolute atomic E-state index is 11.1. The summed E-state index contributed by atoms with van der Waals surface area (Å²) in [6.07, 6.45) is 3.61. The van der Waals surface area contributed by atoms with E-state index < -0.39 is 0 Å². The molecule has 2 N–H and O–H groups in total. The fraction of sp³-hybridized carbons (Fsp3) is 0.286. The van der Waals surface area contributed by atoms with Crippen LogP contribution in [0.1, 0.15) is 18.2 Å². The second-order valence-corrected chi connectivity index (χ2v) is 4.56. The van der Waals surface area contributed by atoms with Gasteiger partial charge >= 0.3 is 0 Å². The quantitative estimate of drug-likeness (QED) is 0.884. The van der Waals surface area contributed by atoms with Crippen molar-refractivity contribution in [2.24, 2.45) is 7.05 Å². The van der Waals surface area contributed by atoms with Gasteiger partial charge in [0.15, 0.2) is 0 Å². The maximum Gasteiger partial charge on any atom is 0.221 e. The number of benzene rings is 1. The molecule has 100 valence electrons. The molecule has 1 aromatic heterocycles. The summed E-state index contributed by atoms with van der Waals surface area (Å²) in [6, 6.07) is 5.82. The van der Waals surface area contributed by atoms with Crippen LogP contribution in [0.15, 0.2) is 30.7 Å². The summed E-state index contributed by atoms with van der Waals surface area (Å²) in [5.74, 6) is -0.0681. The summed E-state index contributed by atoms with van der Waals surface area (Å²) < 4.78 is 1.97. The number of carbonyl (C=O) groups is 1. The highest BCUT2D eigenvalue weighted by molar-refractivity contribution is 5.89. The Kier molecular flexibility index (Phi) is 3.85. The molecule has 1 heterocycles. The van der Waals surface area contributed by atoms with Gasteiger partial charge in [-0.2, -0.15) is 0 Å². The van der Waals surface area contributed by atoms with E-state index in [4.69, 9.17) is 0 Å². The minimum atomic E-state index is -0.0681. The Morgan fingerprint density at radius 3 is 2.84 bits per heavy atom. The number of imidazole rings is 1. The van der Waals surface area contributed by atoms with Crippen molar-refractivity contribution < 1.29 is 4.79 Å². The molecular formula is C14H18N4O. The van der Waals surface area contributed by atoms with E-state index in [-0.39, 0.29) is 5.91 Å². The van der Waals surface area contributed by atoms with Gasteiger partial charge in [0, 0.05) is 31.5 Å². The zero-order chi connectivity index (χ0) is 13.8. The van der Waals surface area contributed by atoms with Gasteiger partial charge < -0.3 is 15.2 Å². The lowest BCUT2D eigenvalue weighted by Crippen LogP contribution is -2.08. The Bertz CT molecular complexity index is 589. The molecule has 19 heavy (non-hydrogen) atoms. The van der Waals surface area contributed by atoms with Crippen LogP contribution in [0.2, 0.25) is 0 Å². The van der Waals surface area contributed by atoms with Crippen LogP contribution in [0.3, 0.4) is 0 Å². The normalized spacial score (nSPS) is 10.3. The largest absolute Gasteiger partial charge is 0.379 e. The van der Waals surface area contributed by atoms with Gasteiger partial charge in [-0.25, -0.2) is 4.98 Å². The molecule has 5 nitrogen and oxygen atoms in total. The van der Waals surface area contributed by atoms with Crippen LogP contribution in [0, 0.1) is 6.92 Å². The molecule has 0 saturated heterocycles. The molecule has 0 unspecified atom stereocenters. The molecule has 1 amide bonds. The van der Waals surface area contributed by atoms with Crippen LogP contribution in [0.5, 0.6) is 0 Å². The van der Waals surface area contributed by atoms with Gasteiger partial charge in [0.05, 0.1) is 18.6 Å². The highest BCUT2D eigenvalue weighted by atomic mass is 16.1. The number of aryl methyl sites for hydroxylation is 2. The summed E-state index contributed by atoms with van der Waals surface area (Å²) in [6.45, 7) is 4.23. The van der Waals surface area contributed by atoms with E-state index in [2.05, 4.69) is 15.6 Å². The number of carbonyl (C=O) groups excluding carboxylic acids is 1. The molecule has 0 aliphatic carbocycles. The van der Waals surface area contributed by atoms with Crippen LogP contribution in [-0.2, 0) is 18.4 Å². The van der Waals surface area contributed by atoms with E-state index in [1.54, 1.807) is 6.33 Å². The van der Waals surface area contributed by atoms with Crippen molar-refractivity contribution in [3.63, 3.8) is 0 Å². The number of rotatable bonds is 4. The lowest BCUT2D eigenvalue weighted by Gasteiger charge is -2.12. The predicted molar refractivity (Wildman–Crippen MR) is 76.0 cm³/mol. The molecule has 0 saturated carbocycles. The molecular weight excluding hydrogens is 240 g/mol. The van der Waals surface area contributed by atoms with Crippen molar-refractivity contribution >= 4 is 17.3 Å². The Labute approximate surface area is 112 Å². The molecule has 1 aromatic carbocycles. The van der Waals surface area contributed by atoms with Crippen LogP contribution in [0.25, 0.3) is 0 Å². The third kappa shape index (κ3) is 3.34. The van der Waals surface area contributed by atoms with E-state index in [1.807, 2.05) is 42.9 Å². The average molecular weight is 258 g/mol. The van der Waals surface area contributed by atoms with Gasteiger partial charge in [-0.05, 0) is 24.6 Å². The van der Waals surface area contributed by atoms with Crippen molar-refractivity contribution in [3.05, 3.63) is 42.0 Å². The van der Waals surface area contributed by atoms with Gasteiger partial charge in [0.2, 0.25) is 5.91 Å². The second kappa shape index (κ2) is 5.56. The Hall–Kier alpha value is -2.30. The molecule has 5 heteroatoms. The zero-order valence-electron chi connectivity index (χ0n) is 11.4. The fourth-order valence-corrected chi connectivity index (χ4v) is 1.83. The topological polar surface area (TPSA) is 59.0 Å². The number of amides is 1. The van der Waals surface area contributed by atoms with Crippen molar-refractivity contribution in [1.82, 2.24) is 9.55 Å². The van der Waals surface area contributed by atoms with E-state index >= 15 is 0 Å². The van der Waals surface area contributed by atoms with Gasteiger partial charge in [0.25, 0.3) is 0 Å². The summed E-state index contributed by atoms with van der Waals surface area (Å²) in [7, 11) is 1.96. The predicted octanol–water partition coefficient (Wildman–Crippen LogP) is 2.30. The summed E-state index contributed by atoms with van der Waals surface area (Å²) >= 11 is 0. The molecule has 0 spiro atoms.